The average molecular weight is 599 g/mol. The summed E-state index contributed by atoms with van der Waals surface area (Å²) >= 11 is 0. The van der Waals surface area contributed by atoms with Crippen LogP contribution in [-0.4, -0.2) is 54.1 Å². The van der Waals surface area contributed by atoms with Crippen LogP contribution in [-0.2, 0) is 11.3 Å². The highest BCUT2D eigenvalue weighted by Gasteiger charge is 2.50. The molecule has 42 heavy (non-hydrogen) atoms. The number of carbonyl (C=O) groups is 2. The summed E-state index contributed by atoms with van der Waals surface area (Å²) in [5, 5.41) is 2.49. The Balaban J connectivity index is 1.70. The van der Waals surface area contributed by atoms with Gasteiger partial charge in [-0.3, -0.25) is 19.0 Å². The first-order valence-corrected chi connectivity index (χ1v) is 12.4. The fraction of sp³-hybridized carbons (Fsp3) is 0.333. The predicted octanol–water partition coefficient (Wildman–Crippen LogP) is 3.96. The molecule has 224 valence electrons. The molecule has 15 heteroatoms. The zero-order chi connectivity index (χ0) is 30.7. The fourth-order valence-corrected chi connectivity index (χ4v) is 5.00. The Morgan fingerprint density at radius 3 is 2.26 bits per heavy atom. The van der Waals surface area contributed by atoms with E-state index in [2.05, 4.69) is 15.0 Å². The molecule has 1 fully saturated rings. The van der Waals surface area contributed by atoms with Gasteiger partial charge in [-0.1, -0.05) is 0 Å². The molecule has 3 atom stereocenters. The van der Waals surface area contributed by atoms with Crippen LogP contribution in [0.25, 0.3) is 0 Å². The average Bonchev–Trinajstić information content (AvgIpc) is 3.16. The number of alkyl halides is 4. The van der Waals surface area contributed by atoms with Crippen molar-refractivity contribution in [2.75, 3.05) is 18.6 Å². The Labute approximate surface area is 234 Å². The zero-order valence-corrected chi connectivity index (χ0v) is 22.1. The highest BCUT2D eigenvalue weighted by Crippen LogP contribution is 2.43. The van der Waals surface area contributed by atoms with Crippen LogP contribution in [0.3, 0.4) is 0 Å². The number of methoxy groups -OCH3 is 1. The van der Waals surface area contributed by atoms with Crippen LogP contribution in [0.15, 0.2) is 53.7 Å². The van der Waals surface area contributed by atoms with E-state index in [0.29, 0.717) is 4.57 Å². The van der Waals surface area contributed by atoms with Gasteiger partial charge in [0, 0.05) is 41.8 Å². The van der Waals surface area contributed by atoms with Gasteiger partial charge in [0.15, 0.2) is 0 Å². The second kappa shape index (κ2) is 12.5. The van der Waals surface area contributed by atoms with Gasteiger partial charge in [-0.2, -0.15) is 8.78 Å². The number of aromatic nitrogens is 2. The minimum Gasteiger partial charge on any atom is -0.497 e. The molecule has 1 unspecified atom stereocenters. The number of hydrogen-bond acceptors (Lipinski definition) is 6. The normalized spacial score (nSPS) is 18.6. The number of anilines is 1. The number of amides is 2. The summed E-state index contributed by atoms with van der Waals surface area (Å²) in [6.07, 6.45) is -1.04. The standard InChI is InChI=1S/C27H24F6N4O5/c1-13-22(23-18(28)7-16(41-2)8-19(23)29)17(9-35-24(38)14-3-5-15(6-4-14)42-27(32)33)25(39)37(13)20-10-34-12-36(26(20)40)11-21(30)31/h3-8,10,12-13,17,21-22,27H,9,11H2,1-2H3,(H,35,38)/t13-,17?,22+/m0/s1. The lowest BCUT2D eigenvalue weighted by Crippen LogP contribution is -2.40. The molecule has 1 aliphatic heterocycles. The molecule has 1 saturated heterocycles. The van der Waals surface area contributed by atoms with Gasteiger partial charge in [0.1, 0.15) is 28.8 Å². The van der Waals surface area contributed by atoms with Crippen molar-refractivity contribution in [1.29, 1.82) is 0 Å². The maximum Gasteiger partial charge on any atom is 0.387 e. The molecule has 9 nitrogen and oxygen atoms in total. The molecule has 0 saturated carbocycles. The number of nitrogens with one attached hydrogen (secondary N) is 1. The smallest absolute Gasteiger partial charge is 0.387 e. The Bertz CT molecular complexity index is 1490. The summed E-state index contributed by atoms with van der Waals surface area (Å²) in [6.45, 7) is -3.12. The topological polar surface area (TPSA) is 103 Å². The molecular weight excluding hydrogens is 574 g/mol. The molecule has 4 rings (SSSR count). The van der Waals surface area contributed by atoms with Crippen molar-refractivity contribution in [1.82, 2.24) is 14.9 Å². The van der Waals surface area contributed by atoms with Crippen LogP contribution in [0, 0.1) is 17.6 Å². The van der Waals surface area contributed by atoms with Gasteiger partial charge in [0.05, 0.1) is 32.1 Å². The van der Waals surface area contributed by atoms with Crippen LogP contribution in [0.2, 0.25) is 0 Å². The third kappa shape index (κ3) is 6.19. The van der Waals surface area contributed by atoms with E-state index >= 15 is 8.78 Å². The number of nitrogens with zero attached hydrogens (tertiary/aromatic N) is 3. The first kappa shape index (κ1) is 30.4. The monoisotopic (exact) mass is 598 g/mol. The van der Waals surface area contributed by atoms with Crippen molar-refractivity contribution in [2.24, 2.45) is 5.92 Å². The number of rotatable bonds is 10. The molecule has 0 spiro atoms. The van der Waals surface area contributed by atoms with E-state index in [1.807, 2.05) is 0 Å². The van der Waals surface area contributed by atoms with Crippen molar-refractivity contribution in [2.45, 2.75) is 38.5 Å². The molecule has 3 aromatic rings. The second-order valence-corrected chi connectivity index (χ2v) is 9.33. The summed E-state index contributed by atoms with van der Waals surface area (Å²) < 4.78 is 91.1. The Morgan fingerprint density at radius 1 is 1.05 bits per heavy atom. The summed E-state index contributed by atoms with van der Waals surface area (Å²) in [5.74, 6) is -6.59. The van der Waals surface area contributed by atoms with E-state index < -0.39 is 84.3 Å². The van der Waals surface area contributed by atoms with Crippen LogP contribution in [0.4, 0.5) is 32.0 Å². The van der Waals surface area contributed by atoms with Crippen LogP contribution >= 0.6 is 0 Å². The van der Waals surface area contributed by atoms with Gasteiger partial charge in [-0.15, -0.1) is 0 Å². The minimum atomic E-state index is -3.07. The summed E-state index contributed by atoms with van der Waals surface area (Å²) in [7, 11) is 1.20. The third-order valence-corrected chi connectivity index (χ3v) is 6.84. The summed E-state index contributed by atoms with van der Waals surface area (Å²) in [6, 6.07) is 5.37. The number of ether oxygens (including phenoxy) is 2. The zero-order valence-electron chi connectivity index (χ0n) is 22.1. The van der Waals surface area contributed by atoms with Gasteiger partial charge in [-0.05, 0) is 31.2 Å². The lowest BCUT2D eigenvalue weighted by molar-refractivity contribution is -0.120. The van der Waals surface area contributed by atoms with E-state index in [1.165, 1.54) is 26.2 Å². The molecule has 0 aliphatic carbocycles. The van der Waals surface area contributed by atoms with Gasteiger partial charge in [0.2, 0.25) is 5.91 Å². The van der Waals surface area contributed by atoms with Crippen molar-refractivity contribution >= 4 is 17.5 Å². The third-order valence-electron chi connectivity index (χ3n) is 6.84. The van der Waals surface area contributed by atoms with Gasteiger partial charge < -0.3 is 19.7 Å². The van der Waals surface area contributed by atoms with Crippen LogP contribution in [0.1, 0.15) is 28.8 Å². The Kier molecular flexibility index (Phi) is 9.07. The van der Waals surface area contributed by atoms with Crippen molar-refractivity contribution in [3.63, 3.8) is 0 Å². The van der Waals surface area contributed by atoms with Gasteiger partial charge in [0.25, 0.3) is 17.9 Å². The molecule has 0 radical (unpaired) electrons. The predicted molar refractivity (Wildman–Crippen MR) is 136 cm³/mol. The number of carbonyl (C=O) groups excluding carboxylic acids is 2. The van der Waals surface area contributed by atoms with E-state index in [0.717, 1.165) is 41.7 Å². The van der Waals surface area contributed by atoms with Crippen LogP contribution in [0.5, 0.6) is 11.5 Å². The maximum atomic E-state index is 15.3. The molecule has 1 aromatic heterocycles. The van der Waals surface area contributed by atoms with Gasteiger partial charge in [-0.25, -0.2) is 22.5 Å². The molecule has 1 N–H and O–H groups in total. The van der Waals surface area contributed by atoms with Crippen molar-refractivity contribution in [3.05, 3.63) is 82.0 Å². The fourth-order valence-electron chi connectivity index (χ4n) is 5.00. The Morgan fingerprint density at radius 2 is 1.69 bits per heavy atom. The van der Waals surface area contributed by atoms with Crippen molar-refractivity contribution in [3.8, 4) is 11.5 Å². The van der Waals surface area contributed by atoms with E-state index in [9.17, 15) is 31.9 Å². The Hall–Kier alpha value is -4.56. The summed E-state index contributed by atoms with van der Waals surface area (Å²) in [5.41, 5.74) is -1.87. The van der Waals surface area contributed by atoms with E-state index in [-0.39, 0.29) is 17.1 Å². The highest BCUT2D eigenvalue weighted by atomic mass is 19.3. The second-order valence-electron chi connectivity index (χ2n) is 9.33. The molecule has 0 bridgehead atoms. The lowest BCUT2D eigenvalue weighted by Gasteiger charge is -2.25. The lowest BCUT2D eigenvalue weighted by atomic mass is 9.83. The van der Waals surface area contributed by atoms with E-state index in [1.54, 1.807) is 0 Å². The maximum absolute atomic E-state index is 15.3. The quantitative estimate of drug-likeness (QED) is 0.355. The molecular formula is C27H24F6N4O5. The first-order valence-electron chi connectivity index (χ1n) is 12.4. The molecule has 2 amide bonds. The van der Waals surface area contributed by atoms with E-state index in [4.69, 9.17) is 4.74 Å². The molecule has 1 aliphatic rings. The molecule has 2 heterocycles. The van der Waals surface area contributed by atoms with Gasteiger partial charge >= 0.3 is 6.61 Å². The summed E-state index contributed by atoms with van der Waals surface area (Å²) in [4.78, 5) is 44.2. The largest absolute Gasteiger partial charge is 0.497 e. The number of hydrogen-bond donors (Lipinski definition) is 1. The number of benzene rings is 2. The SMILES string of the molecule is COc1cc(F)c([C@H]2C(CNC(=O)c3ccc(OC(F)F)cc3)C(=O)N(c3cncn(CC(F)F)c3=O)[C@H]2C)c(F)c1. The minimum absolute atomic E-state index is 0.00692. The molecule has 2 aromatic carbocycles. The highest BCUT2D eigenvalue weighted by molar-refractivity contribution is 6.00. The van der Waals surface area contributed by atoms with Crippen LogP contribution < -0.4 is 25.2 Å². The van der Waals surface area contributed by atoms with Crippen molar-refractivity contribution < 1.29 is 45.4 Å². The first-order chi connectivity index (χ1) is 19.9. The number of halogens is 6.